The standard InChI is InChI=1S/C16H28BrN3O/c1-11(2)7-6-8-13(5)19-14-9-18-20(10-12(3)4)16(21)15(14)17/h9,11-13,19H,6-8,10H2,1-5H3. The van der Waals surface area contributed by atoms with Crippen LogP contribution in [0.2, 0.25) is 0 Å². The van der Waals surface area contributed by atoms with E-state index in [4.69, 9.17) is 0 Å². The maximum Gasteiger partial charge on any atom is 0.283 e. The second-order valence-corrected chi connectivity index (χ2v) is 7.42. The number of nitrogens with one attached hydrogen (secondary N) is 1. The molecule has 0 aliphatic heterocycles. The lowest BCUT2D eigenvalue weighted by molar-refractivity contribution is 0.462. The number of halogens is 1. The Labute approximate surface area is 136 Å². The smallest absolute Gasteiger partial charge is 0.283 e. The predicted octanol–water partition coefficient (Wildman–Crippen LogP) is 4.29. The molecule has 1 unspecified atom stereocenters. The van der Waals surface area contributed by atoms with Crippen molar-refractivity contribution in [2.75, 3.05) is 5.32 Å². The maximum atomic E-state index is 12.2. The van der Waals surface area contributed by atoms with E-state index in [0.29, 0.717) is 23.0 Å². The van der Waals surface area contributed by atoms with E-state index in [0.717, 1.165) is 18.0 Å². The minimum atomic E-state index is -0.0666. The van der Waals surface area contributed by atoms with Crippen LogP contribution in [0.1, 0.15) is 53.9 Å². The molecule has 1 heterocycles. The summed E-state index contributed by atoms with van der Waals surface area (Å²) in [5, 5.41) is 7.64. The van der Waals surface area contributed by atoms with Crippen molar-refractivity contribution in [1.82, 2.24) is 9.78 Å². The van der Waals surface area contributed by atoms with Gasteiger partial charge in [0.1, 0.15) is 4.47 Å². The zero-order valence-electron chi connectivity index (χ0n) is 13.8. The topological polar surface area (TPSA) is 46.9 Å². The van der Waals surface area contributed by atoms with Gasteiger partial charge in [-0.25, -0.2) is 4.68 Å². The van der Waals surface area contributed by atoms with E-state index in [1.807, 2.05) is 0 Å². The highest BCUT2D eigenvalue weighted by molar-refractivity contribution is 9.10. The quantitative estimate of drug-likeness (QED) is 0.754. The first-order valence-electron chi connectivity index (χ1n) is 7.83. The van der Waals surface area contributed by atoms with Crippen LogP contribution in [-0.4, -0.2) is 15.8 Å². The Hall–Kier alpha value is -0.840. The molecule has 0 amide bonds. The third-order valence-electron chi connectivity index (χ3n) is 3.34. The van der Waals surface area contributed by atoms with Crippen molar-refractivity contribution in [1.29, 1.82) is 0 Å². The van der Waals surface area contributed by atoms with Crippen molar-refractivity contribution >= 4 is 21.6 Å². The second-order valence-electron chi connectivity index (χ2n) is 6.62. The Morgan fingerprint density at radius 3 is 2.43 bits per heavy atom. The van der Waals surface area contributed by atoms with Gasteiger partial charge in [-0.3, -0.25) is 4.79 Å². The van der Waals surface area contributed by atoms with E-state index in [-0.39, 0.29) is 5.56 Å². The fourth-order valence-electron chi connectivity index (χ4n) is 2.21. The molecular formula is C16H28BrN3O. The van der Waals surface area contributed by atoms with E-state index in [1.165, 1.54) is 17.5 Å². The van der Waals surface area contributed by atoms with Gasteiger partial charge >= 0.3 is 0 Å². The summed E-state index contributed by atoms with van der Waals surface area (Å²) < 4.78 is 2.09. The third-order valence-corrected chi connectivity index (χ3v) is 4.11. The molecule has 1 rings (SSSR count). The normalized spacial score (nSPS) is 13.0. The number of nitrogens with zero attached hydrogens (tertiary/aromatic N) is 2. The Morgan fingerprint density at radius 1 is 1.19 bits per heavy atom. The van der Waals surface area contributed by atoms with Crippen LogP contribution in [0.15, 0.2) is 15.5 Å². The molecule has 21 heavy (non-hydrogen) atoms. The van der Waals surface area contributed by atoms with Crippen molar-refractivity contribution in [2.24, 2.45) is 11.8 Å². The average molecular weight is 358 g/mol. The number of hydrogen-bond acceptors (Lipinski definition) is 3. The predicted molar refractivity (Wildman–Crippen MR) is 92.8 cm³/mol. The fraction of sp³-hybridized carbons (Fsp3) is 0.750. The molecule has 1 aromatic heterocycles. The molecule has 0 aromatic carbocycles. The van der Waals surface area contributed by atoms with Gasteiger partial charge in [0.15, 0.2) is 0 Å². The van der Waals surface area contributed by atoms with Crippen LogP contribution < -0.4 is 10.9 Å². The lowest BCUT2D eigenvalue weighted by atomic mass is 10.0. The SMILES string of the molecule is CC(C)CCCC(C)Nc1cnn(CC(C)C)c(=O)c1Br. The number of anilines is 1. The summed E-state index contributed by atoms with van der Waals surface area (Å²) >= 11 is 3.41. The molecule has 1 atom stereocenters. The Morgan fingerprint density at radius 2 is 1.86 bits per heavy atom. The molecule has 0 spiro atoms. The zero-order chi connectivity index (χ0) is 16.0. The summed E-state index contributed by atoms with van der Waals surface area (Å²) in [6.07, 6.45) is 5.27. The molecule has 120 valence electrons. The van der Waals surface area contributed by atoms with Crippen molar-refractivity contribution in [2.45, 2.75) is 66.5 Å². The number of aromatic nitrogens is 2. The summed E-state index contributed by atoms with van der Waals surface area (Å²) in [7, 11) is 0. The zero-order valence-corrected chi connectivity index (χ0v) is 15.4. The molecule has 0 radical (unpaired) electrons. The van der Waals surface area contributed by atoms with Gasteiger partial charge in [-0.15, -0.1) is 0 Å². The highest BCUT2D eigenvalue weighted by Gasteiger charge is 2.12. The Balaban J connectivity index is 2.67. The minimum Gasteiger partial charge on any atom is -0.380 e. The maximum absolute atomic E-state index is 12.2. The first kappa shape index (κ1) is 18.2. The van der Waals surface area contributed by atoms with Crippen molar-refractivity contribution in [3.63, 3.8) is 0 Å². The van der Waals surface area contributed by atoms with E-state index in [9.17, 15) is 4.79 Å². The summed E-state index contributed by atoms with van der Waals surface area (Å²) in [5.74, 6) is 1.14. The van der Waals surface area contributed by atoms with Gasteiger partial charge in [-0.2, -0.15) is 5.10 Å². The third kappa shape index (κ3) is 6.20. The molecular weight excluding hydrogens is 330 g/mol. The van der Waals surface area contributed by atoms with Crippen LogP contribution in [0.4, 0.5) is 5.69 Å². The molecule has 1 N–H and O–H groups in total. The van der Waals surface area contributed by atoms with Crippen molar-refractivity contribution in [3.8, 4) is 0 Å². The largest absolute Gasteiger partial charge is 0.380 e. The van der Waals surface area contributed by atoms with E-state index >= 15 is 0 Å². The average Bonchev–Trinajstić information content (AvgIpc) is 2.37. The van der Waals surface area contributed by atoms with Crippen LogP contribution in [-0.2, 0) is 6.54 Å². The molecule has 4 nitrogen and oxygen atoms in total. The summed E-state index contributed by atoms with van der Waals surface area (Å²) in [5.41, 5.74) is 0.722. The Bertz CT molecular complexity index is 497. The highest BCUT2D eigenvalue weighted by Crippen LogP contribution is 2.19. The van der Waals surface area contributed by atoms with E-state index < -0.39 is 0 Å². The molecule has 0 bridgehead atoms. The van der Waals surface area contributed by atoms with Gasteiger partial charge < -0.3 is 5.32 Å². The van der Waals surface area contributed by atoms with Crippen LogP contribution in [0.25, 0.3) is 0 Å². The lowest BCUT2D eigenvalue weighted by Gasteiger charge is -2.17. The van der Waals surface area contributed by atoms with Gasteiger partial charge in [0.2, 0.25) is 0 Å². The van der Waals surface area contributed by atoms with Gasteiger partial charge in [0.05, 0.1) is 11.9 Å². The van der Waals surface area contributed by atoms with Crippen LogP contribution in [0.3, 0.4) is 0 Å². The van der Waals surface area contributed by atoms with Crippen molar-refractivity contribution < 1.29 is 0 Å². The van der Waals surface area contributed by atoms with Gasteiger partial charge in [0.25, 0.3) is 5.56 Å². The monoisotopic (exact) mass is 357 g/mol. The first-order chi connectivity index (χ1) is 9.81. The highest BCUT2D eigenvalue weighted by atomic mass is 79.9. The number of rotatable bonds is 8. The molecule has 0 fully saturated rings. The number of hydrogen-bond donors (Lipinski definition) is 1. The lowest BCUT2D eigenvalue weighted by Crippen LogP contribution is -2.27. The molecule has 5 heteroatoms. The van der Waals surface area contributed by atoms with Crippen LogP contribution in [0.5, 0.6) is 0 Å². The van der Waals surface area contributed by atoms with Gasteiger partial charge in [0, 0.05) is 12.6 Å². The molecule has 0 saturated carbocycles. The molecule has 0 aliphatic rings. The minimum absolute atomic E-state index is 0.0666. The van der Waals surface area contributed by atoms with Crippen LogP contribution in [0, 0.1) is 11.8 Å². The second kappa shape index (κ2) is 8.57. The molecule has 0 saturated heterocycles. The summed E-state index contributed by atoms with van der Waals surface area (Å²) in [4.78, 5) is 12.2. The Kier molecular flexibility index (Phi) is 7.43. The summed E-state index contributed by atoms with van der Waals surface area (Å²) in [6, 6.07) is 0.335. The first-order valence-corrected chi connectivity index (χ1v) is 8.62. The van der Waals surface area contributed by atoms with E-state index in [1.54, 1.807) is 6.20 Å². The van der Waals surface area contributed by atoms with Gasteiger partial charge in [-0.05, 0) is 41.1 Å². The summed E-state index contributed by atoms with van der Waals surface area (Å²) in [6.45, 7) is 11.4. The van der Waals surface area contributed by atoms with Gasteiger partial charge in [-0.1, -0.05) is 40.5 Å². The fourth-order valence-corrected chi connectivity index (χ4v) is 2.63. The van der Waals surface area contributed by atoms with Crippen LogP contribution >= 0.6 is 15.9 Å². The molecule has 1 aromatic rings. The van der Waals surface area contributed by atoms with Crippen molar-refractivity contribution in [3.05, 3.63) is 21.0 Å². The molecule has 0 aliphatic carbocycles. The van der Waals surface area contributed by atoms with E-state index in [2.05, 4.69) is 61.0 Å².